The van der Waals surface area contributed by atoms with Gasteiger partial charge >= 0.3 is 0 Å². The Morgan fingerprint density at radius 2 is 1.67 bits per heavy atom. The Kier molecular flexibility index (Phi) is 5.03. The van der Waals surface area contributed by atoms with Crippen molar-refractivity contribution in [1.29, 1.82) is 0 Å². The minimum atomic E-state index is -0.0135. The van der Waals surface area contributed by atoms with Crippen LogP contribution in [-0.2, 0) is 5.41 Å². The first-order valence-corrected chi connectivity index (χ1v) is 6.35. The van der Waals surface area contributed by atoms with E-state index in [4.69, 9.17) is 9.47 Å². The molecule has 0 aromatic heterocycles. The number of benzene rings is 1. The molecule has 3 heteroatoms. The van der Waals surface area contributed by atoms with Crippen molar-refractivity contribution < 1.29 is 9.47 Å². The average molecular weight is 251 g/mol. The molecule has 0 spiro atoms. The van der Waals surface area contributed by atoms with Gasteiger partial charge in [-0.1, -0.05) is 19.9 Å². The summed E-state index contributed by atoms with van der Waals surface area (Å²) in [5.41, 5.74) is 1.12. The first-order chi connectivity index (χ1) is 8.46. The molecule has 18 heavy (non-hydrogen) atoms. The highest BCUT2D eigenvalue weighted by Crippen LogP contribution is 2.41. The van der Waals surface area contributed by atoms with Crippen LogP contribution in [0.4, 0.5) is 0 Å². The zero-order valence-electron chi connectivity index (χ0n) is 12.3. The Balaban J connectivity index is 3.20. The van der Waals surface area contributed by atoms with E-state index in [0.717, 1.165) is 23.5 Å². The lowest BCUT2D eigenvalue weighted by Crippen LogP contribution is -2.31. The van der Waals surface area contributed by atoms with Crippen molar-refractivity contribution in [2.45, 2.75) is 38.6 Å². The second kappa shape index (κ2) is 6.10. The lowest BCUT2D eigenvalue weighted by molar-refractivity contribution is 0.339. The highest BCUT2D eigenvalue weighted by atomic mass is 16.5. The topological polar surface area (TPSA) is 30.5 Å². The van der Waals surface area contributed by atoms with E-state index in [1.54, 1.807) is 14.2 Å². The zero-order chi connectivity index (χ0) is 13.8. The van der Waals surface area contributed by atoms with Crippen LogP contribution in [0.1, 0.15) is 32.8 Å². The van der Waals surface area contributed by atoms with Gasteiger partial charge in [0.05, 0.1) is 14.2 Å². The smallest absolute Gasteiger partial charge is 0.126 e. The molecule has 1 atom stereocenters. The molecular weight excluding hydrogens is 226 g/mol. The lowest BCUT2D eigenvalue weighted by Gasteiger charge is -2.31. The summed E-state index contributed by atoms with van der Waals surface area (Å²) in [6.45, 7) is 6.63. The first kappa shape index (κ1) is 14.8. The van der Waals surface area contributed by atoms with Gasteiger partial charge in [0.2, 0.25) is 0 Å². The van der Waals surface area contributed by atoms with E-state index in [1.165, 1.54) is 0 Å². The standard InChI is InChI=1S/C15H25NO2/c1-11(16-4)10-15(2,3)14-12(17-5)8-7-9-13(14)18-6/h7-9,11,16H,10H2,1-6H3. The van der Waals surface area contributed by atoms with E-state index in [9.17, 15) is 0 Å². The van der Waals surface area contributed by atoms with E-state index >= 15 is 0 Å². The van der Waals surface area contributed by atoms with Crippen LogP contribution in [0.25, 0.3) is 0 Å². The monoisotopic (exact) mass is 251 g/mol. The van der Waals surface area contributed by atoms with Gasteiger partial charge in [-0.25, -0.2) is 0 Å². The molecule has 0 heterocycles. The van der Waals surface area contributed by atoms with Gasteiger partial charge < -0.3 is 14.8 Å². The Hall–Kier alpha value is -1.22. The van der Waals surface area contributed by atoms with Crippen molar-refractivity contribution in [3.8, 4) is 11.5 Å². The van der Waals surface area contributed by atoms with Crippen molar-refractivity contribution in [3.05, 3.63) is 23.8 Å². The van der Waals surface area contributed by atoms with Crippen molar-refractivity contribution >= 4 is 0 Å². The van der Waals surface area contributed by atoms with Crippen LogP contribution in [-0.4, -0.2) is 27.3 Å². The predicted molar refractivity (Wildman–Crippen MR) is 75.7 cm³/mol. The Morgan fingerprint density at radius 3 is 2.06 bits per heavy atom. The molecule has 1 aromatic carbocycles. The zero-order valence-corrected chi connectivity index (χ0v) is 12.3. The van der Waals surface area contributed by atoms with Gasteiger partial charge in [-0.15, -0.1) is 0 Å². The molecule has 0 aliphatic heterocycles. The minimum Gasteiger partial charge on any atom is -0.496 e. The summed E-state index contributed by atoms with van der Waals surface area (Å²) >= 11 is 0. The molecule has 0 bridgehead atoms. The molecule has 1 aromatic rings. The summed E-state index contributed by atoms with van der Waals surface area (Å²) in [5, 5.41) is 3.28. The van der Waals surface area contributed by atoms with Gasteiger partial charge in [-0.05, 0) is 37.9 Å². The van der Waals surface area contributed by atoms with Crippen LogP contribution in [0.2, 0.25) is 0 Å². The molecule has 102 valence electrons. The fraction of sp³-hybridized carbons (Fsp3) is 0.600. The predicted octanol–water partition coefficient (Wildman–Crippen LogP) is 2.98. The second-order valence-electron chi connectivity index (χ2n) is 5.32. The highest BCUT2D eigenvalue weighted by Gasteiger charge is 2.29. The Morgan fingerprint density at radius 1 is 1.17 bits per heavy atom. The number of hydrogen-bond donors (Lipinski definition) is 1. The second-order valence-corrected chi connectivity index (χ2v) is 5.32. The Labute approximate surface area is 110 Å². The third kappa shape index (κ3) is 3.16. The van der Waals surface area contributed by atoms with E-state index in [2.05, 4.69) is 26.1 Å². The van der Waals surface area contributed by atoms with Crippen molar-refractivity contribution in [3.63, 3.8) is 0 Å². The summed E-state index contributed by atoms with van der Waals surface area (Å²) in [7, 11) is 5.39. The van der Waals surface area contributed by atoms with Crippen LogP contribution in [0, 0.1) is 0 Å². The quantitative estimate of drug-likeness (QED) is 0.843. The minimum absolute atomic E-state index is 0.0135. The molecule has 0 aliphatic rings. The fourth-order valence-corrected chi connectivity index (χ4v) is 2.49. The third-order valence-corrected chi connectivity index (χ3v) is 3.41. The number of nitrogens with one attached hydrogen (secondary N) is 1. The number of hydrogen-bond acceptors (Lipinski definition) is 3. The molecule has 1 rings (SSSR count). The molecule has 0 fully saturated rings. The van der Waals surface area contributed by atoms with Gasteiger partial charge in [0.25, 0.3) is 0 Å². The molecule has 0 radical (unpaired) electrons. The summed E-state index contributed by atoms with van der Waals surface area (Å²) in [4.78, 5) is 0. The van der Waals surface area contributed by atoms with Gasteiger partial charge in [-0.3, -0.25) is 0 Å². The number of ether oxygens (including phenoxy) is 2. The summed E-state index contributed by atoms with van der Waals surface area (Å²) in [6, 6.07) is 6.38. The SMILES string of the molecule is CNC(C)CC(C)(C)c1c(OC)cccc1OC. The van der Waals surface area contributed by atoms with Crippen LogP contribution in [0.3, 0.4) is 0 Å². The van der Waals surface area contributed by atoms with Crippen LogP contribution in [0.5, 0.6) is 11.5 Å². The molecule has 0 amide bonds. The maximum absolute atomic E-state index is 5.49. The largest absolute Gasteiger partial charge is 0.496 e. The van der Waals surface area contributed by atoms with Crippen molar-refractivity contribution in [2.75, 3.05) is 21.3 Å². The van der Waals surface area contributed by atoms with E-state index in [0.29, 0.717) is 6.04 Å². The molecule has 1 unspecified atom stereocenters. The van der Waals surface area contributed by atoms with Crippen LogP contribution < -0.4 is 14.8 Å². The van der Waals surface area contributed by atoms with Crippen LogP contribution in [0.15, 0.2) is 18.2 Å². The van der Waals surface area contributed by atoms with Crippen molar-refractivity contribution in [2.24, 2.45) is 0 Å². The van der Waals surface area contributed by atoms with Gasteiger partial charge in [-0.2, -0.15) is 0 Å². The molecule has 0 saturated heterocycles. The number of methoxy groups -OCH3 is 2. The highest BCUT2D eigenvalue weighted by molar-refractivity contribution is 5.49. The summed E-state index contributed by atoms with van der Waals surface area (Å²) in [5.74, 6) is 1.78. The van der Waals surface area contributed by atoms with Gasteiger partial charge in [0.1, 0.15) is 11.5 Å². The molecule has 0 aliphatic carbocycles. The maximum atomic E-state index is 5.49. The van der Waals surface area contributed by atoms with Gasteiger partial charge in [0.15, 0.2) is 0 Å². The van der Waals surface area contributed by atoms with Crippen molar-refractivity contribution in [1.82, 2.24) is 5.32 Å². The summed E-state index contributed by atoms with van der Waals surface area (Å²) in [6.07, 6.45) is 1.01. The number of rotatable bonds is 6. The van der Waals surface area contributed by atoms with E-state index in [1.807, 2.05) is 25.2 Å². The van der Waals surface area contributed by atoms with E-state index in [-0.39, 0.29) is 5.41 Å². The third-order valence-electron chi connectivity index (χ3n) is 3.41. The van der Waals surface area contributed by atoms with E-state index < -0.39 is 0 Å². The van der Waals surface area contributed by atoms with Crippen LogP contribution >= 0.6 is 0 Å². The average Bonchev–Trinajstić information content (AvgIpc) is 2.36. The molecule has 1 N–H and O–H groups in total. The molecular formula is C15H25NO2. The normalized spacial score (nSPS) is 13.2. The van der Waals surface area contributed by atoms with Gasteiger partial charge in [0, 0.05) is 11.6 Å². The molecule has 3 nitrogen and oxygen atoms in total. The lowest BCUT2D eigenvalue weighted by atomic mass is 9.78. The molecule has 0 saturated carbocycles. The fourth-order valence-electron chi connectivity index (χ4n) is 2.49. The Bertz CT molecular complexity index is 366. The maximum Gasteiger partial charge on any atom is 0.126 e. The summed E-state index contributed by atoms with van der Waals surface area (Å²) < 4.78 is 11.0. The first-order valence-electron chi connectivity index (χ1n) is 6.35.